The Morgan fingerprint density at radius 2 is 1.86 bits per heavy atom. The van der Waals surface area contributed by atoms with E-state index in [1.54, 1.807) is 6.07 Å². The molecule has 1 aromatic carbocycles. The molecule has 0 radical (unpaired) electrons. The zero-order valence-electron chi connectivity index (χ0n) is 18.7. The maximum Gasteiger partial charge on any atom is 0.416 e. The van der Waals surface area contributed by atoms with Crippen LogP contribution in [0.1, 0.15) is 29.0 Å². The van der Waals surface area contributed by atoms with Crippen LogP contribution in [0.15, 0.2) is 47.1 Å². The van der Waals surface area contributed by atoms with Gasteiger partial charge in [-0.3, -0.25) is 9.59 Å². The molecule has 2 fully saturated rings. The van der Waals surface area contributed by atoms with E-state index in [1.165, 1.54) is 22.1 Å². The summed E-state index contributed by atoms with van der Waals surface area (Å²) in [6.07, 6.45) is -1.50. The van der Waals surface area contributed by atoms with Crippen molar-refractivity contribution in [2.45, 2.75) is 31.2 Å². The number of carbonyl (C=O) groups is 3. The fourth-order valence-corrected chi connectivity index (χ4v) is 4.06. The van der Waals surface area contributed by atoms with E-state index >= 15 is 0 Å². The number of furan rings is 1. The van der Waals surface area contributed by atoms with Gasteiger partial charge in [0, 0.05) is 31.9 Å². The van der Waals surface area contributed by atoms with Crippen LogP contribution in [0.4, 0.5) is 23.7 Å². The minimum absolute atomic E-state index is 0.0674. The number of hydrogen-bond donors (Lipinski definition) is 2. The van der Waals surface area contributed by atoms with Gasteiger partial charge in [-0.05, 0) is 49.2 Å². The second-order valence-corrected chi connectivity index (χ2v) is 8.32. The lowest BCUT2D eigenvalue weighted by Gasteiger charge is -2.40. The molecule has 2 atom stereocenters. The molecular weight excluding hydrogens is 469 g/mol. The van der Waals surface area contributed by atoms with Crippen LogP contribution in [-0.2, 0) is 15.7 Å². The third-order valence-electron chi connectivity index (χ3n) is 5.95. The van der Waals surface area contributed by atoms with Crippen molar-refractivity contribution in [1.29, 1.82) is 0 Å². The Hall–Kier alpha value is -3.54. The van der Waals surface area contributed by atoms with Crippen molar-refractivity contribution in [2.75, 3.05) is 38.1 Å². The van der Waals surface area contributed by atoms with Gasteiger partial charge in [0.2, 0.25) is 5.91 Å². The van der Waals surface area contributed by atoms with Crippen LogP contribution >= 0.6 is 0 Å². The number of hydrogen-bond acceptors (Lipinski definition) is 5. The molecule has 2 aliphatic heterocycles. The molecule has 4 rings (SSSR count). The first-order valence-electron chi connectivity index (χ1n) is 11.2. The molecule has 0 aliphatic carbocycles. The Morgan fingerprint density at radius 3 is 2.49 bits per heavy atom. The molecule has 2 N–H and O–H groups in total. The van der Waals surface area contributed by atoms with Gasteiger partial charge in [-0.2, -0.15) is 13.2 Å². The smallest absolute Gasteiger partial charge is 0.416 e. The molecule has 188 valence electrons. The maximum absolute atomic E-state index is 13.0. The average molecular weight is 494 g/mol. The minimum Gasteiger partial charge on any atom is -0.459 e. The minimum atomic E-state index is -4.48. The van der Waals surface area contributed by atoms with Crippen molar-refractivity contribution >= 4 is 23.5 Å². The fraction of sp³-hybridized carbons (Fsp3) is 0.435. The number of alkyl halides is 3. The number of nitrogens with zero attached hydrogens (tertiary/aromatic N) is 2. The van der Waals surface area contributed by atoms with Gasteiger partial charge in [0.15, 0.2) is 5.76 Å². The first-order valence-corrected chi connectivity index (χ1v) is 11.2. The second-order valence-electron chi connectivity index (χ2n) is 8.32. The Balaban J connectivity index is 1.44. The number of halogens is 3. The number of ether oxygens (including phenoxy) is 1. The lowest BCUT2D eigenvalue weighted by Crippen LogP contribution is -2.62. The van der Waals surface area contributed by atoms with Crippen molar-refractivity contribution < 1.29 is 36.7 Å². The first-order chi connectivity index (χ1) is 16.7. The molecule has 2 unspecified atom stereocenters. The molecule has 0 bridgehead atoms. The lowest BCUT2D eigenvalue weighted by atomic mass is 10.1. The summed E-state index contributed by atoms with van der Waals surface area (Å²) >= 11 is 0. The van der Waals surface area contributed by atoms with Gasteiger partial charge in [-0.1, -0.05) is 0 Å². The standard InChI is InChI=1S/C23H25F3N4O5/c24-23(25,26)15-5-7-16(8-6-15)28-22(33)29-9-10-30(21(32)19-4-2-12-35-19)18(14-29)20(31)27-13-17-3-1-11-34-17/h2,4-8,12,17-18H,1,3,9-11,13-14H2,(H,27,31)(H,28,33). The van der Waals surface area contributed by atoms with E-state index in [2.05, 4.69) is 10.6 Å². The van der Waals surface area contributed by atoms with Crippen LogP contribution in [0.25, 0.3) is 0 Å². The van der Waals surface area contributed by atoms with Crippen molar-refractivity contribution in [1.82, 2.24) is 15.1 Å². The highest BCUT2D eigenvalue weighted by Gasteiger charge is 2.38. The average Bonchev–Trinajstić information content (AvgIpc) is 3.56. The predicted molar refractivity (Wildman–Crippen MR) is 118 cm³/mol. The van der Waals surface area contributed by atoms with Crippen LogP contribution in [0, 0.1) is 0 Å². The van der Waals surface area contributed by atoms with Gasteiger partial charge in [-0.25, -0.2) is 4.79 Å². The molecule has 1 aromatic heterocycles. The molecule has 9 nitrogen and oxygen atoms in total. The summed E-state index contributed by atoms with van der Waals surface area (Å²) in [4.78, 5) is 41.5. The summed E-state index contributed by atoms with van der Waals surface area (Å²) in [6, 6.07) is 5.54. The van der Waals surface area contributed by atoms with E-state index in [4.69, 9.17) is 9.15 Å². The predicted octanol–water partition coefficient (Wildman–Crippen LogP) is 2.95. The van der Waals surface area contributed by atoms with Crippen molar-refractivity contribution in [3.63, 3.8) is 0 Å². The number of piperazine rings is 1. The number of anilines is 1. The zero-order valence-corrected chi connectivity index (χ0v) is 18.7. The van der Waals surface area contributed by atoms with Crippen molar-refractivity contribution in [3.05, 3.63) is 54.0 Å². The van der Waals surface area contributed by atoms with Crippen molar-refractivity contribution in [3.8, 4) is 0 Å². The summed E-state index contributed by atoms with van der Waals surface area (Å²) in [6.45, 7) is 1.00. The molecule has 0 spiro atoms. The molecule has 2 saturated heterocycles. The molecule has 2 aliphatic rings. The highest BCUT2D eigenvalue weighted by Crippen LogP contribution is 2.30. The van der Waals surface area contributed by atoms with Gasteiger partial charge < -0.3 is 29.6 Å². The molecule has 35 heavy (non-hydrogen) atoms. The zero-order chi connectivity index (χ0) is 25.0. The van der Waals surface area contributed by atoms with Gasteiger partial charge in [-0.15, -0.1) is 0 Å². The number of amides is 4. The van der Waals surface area contributed by atoms with Crippen LogP contribution in [0.3, 0.4) is 0 Å². The van der Waals surface area contributed by atoms with Crippen LogP contribution in [0.2, 0.25) is 0 Å². The van der Waals surface area contributed by atoms with Crippen LogP contribution in [0.5, 0.6) is 0 Å². The number of nitrogens with one attached hydrogen (secondary N) is 2. The van der Waals surface area contributed by atoms with E-state index in [1.807, 2.05) is 0 Å². The molecule has 12 heteroatoms. The van der Waals surface area contributed by atoms with E-state index in [0.717, 1.165) is 37.1 Å². The van der Waals surface area contributed by atoms with Gasteiger partial charge >= 0.3 is 12.2 Å². The third kappa shape index (κ3) is 5.94. The van der Waals surface area contributed by atoms with E-state index < -0.39 is 35.6 Å². The third-order valence-corrected chi connectivity index (χ3v) is 5.95. The second kappa shape index (κ2) is 10.4. The van der Waals surface area contributed by atoms with E-state index in [9.17, 15) is 27.6 Å². The molecule has 0 saturated carbocycles. The number of urea groups is 1. The summed E-state index contributed by atoms with van der Waals surface area (Å²) in [5.41, 5.74) is -0.653. The van der Waals surface area contributed by atoms with Crippen molar-refractivity contribution in [2.24, 2.45) is 0 Å². The molecule has 4 amide bonds. The van der Waals surface area contributed by atoms with E-state index in [0.29, 0.717) is 6.61 Å². The van der Waals surface area contributed by atoms with Crippen LogP contribution < -0.4 is 10.6 Å². The highest BCUT2D eigenvalue weighted by atomic mass is 19.4. The topological polar surface area (TPSA) is 104 Å². The van der Waals surface area contributed by atoms with E-state index in [-0.39, 0.29) is 43.7 Å². The van der Waals surface area contributed by atoms with Gasteiger partial charge in [0.1, 0.15) is 6.04 Å². The Morgan fingerprint density at radius 1 is 1.09 bits per heavy atom. The number of benzene rings is 1. The normalized spacial score (nSPS) is 20.5. The summed E-state index contributed by atoms with van der Waals surface area (Å²) in [5.74, 6) is -0.841. The summed E-state index contributed by atoms with van der Waals surface area (Å²) < 4.78 is 49.0. The fourth-order valence-electron chi connectivity index (χ4n) is 4.06. The quantitative estimate of drug-likeness (QED) is 0.665. The van der Waals surface area contributed by atoms with Crippen LogP contribution in [-0.4, -0.2) is 72.6 Å². The van der Waals surface area contributed by atoms with Gasteiger partial charge in [0.25, 0.3) is 5.91 Å². The maximum atomic E-state index is 13.0. The molecular formula is C23H25F3N4O5. The van der Waals surface area contributed by atoms with Gasteiger partial charge in [0.05, 0.1) is 24.5 Å². The first kappa shape index (κ1) is 24.6. The Bertz CT molecular complexity index is 1040. The largest absolute Gasteiger partial charge is 0.459 e. The Labute approximate surface area is 199 Å². The summed E-state index contributed by atoms with van der Waals surface area (Å²) in [7, 11) is 0. The Kier molecular flexibility index (Phi) is 7.29. The number of rotatable bonds is 5. The molecule has 2 aromatic rings. The lowest BCUT2D eigenvalue weighted by molar-refractivity contribution is -0.137. The SMILES string of the molecule is O=C(NCC1CCCO1)C1CN(C(=O)Nc2ccc(C(F)(F)F)cc2)CCN1C(=O)c1ccco1. The number of carbonyl (C=O) groups excluding carboxylic acids is 3. The molecule has 3 heterocycles. The monoisotopic (exact) mass is 494 g/mol. The highest BCUT2D eigenvalue weighted by molar-refractivity contribution is 5.97. The summed E-state index contributed by atoms with van der Waals surface area (Å²) in [5, 5.41) is 5.34.